The van der Waals surface area contributed by atoms with Gasteiger partial charge in [-0.15, -0.1) is 0 Å². The van der Waals surface area contributed by atoms with Crippen LogP contribution in [0.3, 0.4) is 0 Å². The highest BCUT2D eigenvalue weighted by atomic mass is 19.4. The molecule has 2 heterocycles. The smallest absolute Gasteiger partial charge is 0.490 e. The third-order valence-corrected chi connectivity index (χ3v) is 5.07. The van der Waals surface area contributed by atoms with Crippen molar-refractivity contribution >= 4 is 17.8 Å². The molecule has 0 aliphatic rings. The number of H-pyrrole nitrogens is 1. The summed E-state index contributed by atoms with van der Waals surface area (Å²) in [6.45, 7) is 0.248. The van der Waals surface area contributed by atoms with E-state index in [4.69, 9.17) is 19.5 Å². The van der Waals surface area contributed by atoms with Crippen molar-refractivity contribution in [1.82, 2.24) is 15.8 Å². The minimum Gasteiger partial charge on any atom is -0.508 e. The highest BCUT2D eigenvalue weighted by Crippen LogP contribution is 2.31. The minimum absolute atomic E-state index is 0.158. The number of carbonyl (C=O) groups is 3. The number of alkyl halides is 3. The van der Waals surface area contributed by atoms with E-state index in [0.717, 1.165) is 22.4 Å². The second-order valence-corrected chi connectivity index (χ2v) is 7.65. The quantitative estimate of drug-likeness (QED) is 0.159. The van der Waals surface area contributed by atoms with E-state index in [2.05, 4.69) is 10.3 Å². The first-order valence-corrected chi connectivity index (χ1v) is 10.7. The Hall–Kier alpha value is -5.04. The monoisotopic (exact) mass is 531 g/mol. The van der Waals surface area contributed by atoms with E-state index >= 15 is 0 Å². The molecule has 0 unspecified atom stereocenters. The molecule has 198 valence electrons. The lowest BCUT2D eigenvalue weighted by Crippen LogP contribution is -2.24. The van der Waals surface area contributed by atoms with Crippen LogP contribution in [0, 0.1) is 0 Å². The molecule has 0 spiro atoms. The predicted molar refractivity (Wildman–Crippen MR) is 126 cm³/mol. The Morgan fingerprint density at radius 3 is 2.08 bits per heavy atom. The number of aromatic amines is 1. The molecule has 10 nitrogen and oxygen atoms in total. The summed E-state index contributed by atoms with van der Waals surface area (Å²) in [4.78, 5) is 36.4. The van der Waals surface area contributed by atoms with Crippen molar-refractivity contribution in [2.24, 2.45) is 0 Å². The van der Waals surface area contributed by atoms with Crippen LogP contribution in [0.15, 0.2) is 77.6 Å². The number of carboxylic acids is 1. The van der Waals surface area contributed by atoms with Crippen molar-refractivity contribution < 1.29 is 47.4 Å². The summed E-state index contributed by atoms with van der Waals surface area (Å²) in [6, 6.07) is 16.8. The van der Waals surface area contributed by atoms with Gasteiger partial charge in [-0.2, -0.15) is 13.2 Å². The summed E-state index contributed by atoms with van der Waals surface area (Å²) in [5.41, 5.74) is 6.03. The maximum absolute atomic E-state index is 12.9. The number of carboxylic acid groups (broad SMARTS) is 1. The fraction of sp³-hybridized carbons (Fsp3) is 0.0800. The van der Waals surface area contributed by atoms with E-state index in [1.54, 1.807) is 66.3 Å². The number of halogens is 3. The molecule has 38 heavy (non-hydrogen) atoms. The first-order valence-electron chi connectivity index (χ1n) is 10.7. The van der Waals surface area contributed by atoms with Gasteiger partial charge in [0.15, 0.2) is 0 Å². The number of nitrogens with one attached hydrogen (secondary N) is 3. The number of rotatable bonds is 6. The Morgan fingerprint density at radius 1 is 0.921 bits per heavy atom. The fourth-order valence-electron chi connectivity index (χ4n) is 3.18. The third-order valence-electron chi connectivity index (χ3n) is 5.07. The van der Waals surface area contributed by atoms with Gasteiger partial charge in [-0.1, -0.05) is 12.1 Å². The van der Waals surface area contributed by atoms with E-state index in [9.17, 15) is 27.9 Å². The standard InChI is InChI=1S/C23H19N3O5.C2HF3O2/c27-18-7-5-15(6-8-18)20-11-19(17-9-10-31-13-17)21(25-20)23(29)24-12-14-1-3-16(4-2-14)22(28)26-30;3-2(4,5)1(6)7/h1-11,13,25,27,30H,12H2,(H,24,29)(H,26,28);(H,6,7). The van der Waals surface area contributed by atoms with Crippen LogP contribution in [-0.2, 0) is 11.3 Å². The van der Waals surface area contributed by atoms with Gasteiger partial charge in [0.1, 0.15) is 11.4 Å². The van der Waals surface area contributed by atoms with Crippen molar-refractivity contribution in [3.05, 3.63) is 90.0 Å². The molecule has 0 aliphatic heterocycles. The molecule has 2 amide bonds. The maximum Gasteiger partial charge on any atom is 0.490 e. The summed E-state index contributed by atoms with van der Waals surface area (Å²) in [5, 5.41) is 28.2. The van der Waals surface area contributed by atoms with Gasteiger partial charge in [0.05, 0.1) is 12.5 Å². The predicted octanol–water partition coefficient (Wildman–Crippen LogP) is 4.33. The number of phenols is 1. The normalized spacial score (nSPS) is 10.7. The van der Waals surface area contributed by atoms with Crippen molar-refractivity contribution in [1.29, 1.82) is 0 Å². The SMILES string of the molecule is O=C(NO)c1ccc(CNC(=O)c2[nH]c(-c3ccc(O)cc3)cc2-c2ccoc2)cc1.O=C(O)C(F)(F)F. The number of carbonyl (C=O) groups excluding carboxylic acids is 2. The zero-order valence-electron chi connectivity index (χ0n) is 19.2. The number of hydrogen-bond acceptors (Lipinski definition) is 6. The number of aliphatic carboxylic acids is 1. The topological polar surface area (TPSA) is 165 Å². The molecular weight excluding hydrogens is 511 g/mol. The molecular formula is C25H20F3N3O7. The molecule has 0 saturated heterocycles. The Balaban J connectivity index is 0.000000505. The number of hydrogen-bond donors (Lipinski definition) is 6. The largest absolute Gasteiger partial charge is 0.508 e. The van der Waals surface area contributed by atoms with E-state index < -0.39 is 18.1 Å². The Kier molecular flexibility index (Phi) is 8.55. The van der Waals surface area contributed by atoms with E-state index in [1.807, 2.05) is 6.07 Å². The second-order valence-electron chi connectivity index (χ2n) is 7.65. The first kappa shape index (κ1) is 27.5. The van der Waals surface area contributed by atoms with Gasteiger partial charge >= 0.3 is 12.1 Å². The summed E-state index contributed by atoms with van der Waals surface area (Å²) in [6.07, 6.45) is -1.99. The van der Waals surface area contributed by atoms with Crippen LogP contribution in [0.2, 0.25) is 0 Å². The van der Waals surface area contributed by atoms with Crippen molar-refractivity contribution in [2.45, 2.75) is 12.7 Å². The molecule has 0 aliphatic carbocycles. The third kappa shape index (κ3) is 7.01. The van der Waals surface area contributed by atoms with Gasteiger partial charge in [0.25, 0.3) is 11.8 Å². The van der Waals surface area contributed by atoms with Crippen LogP contribution >= 0.6 is 0 Å². The van der Waals surface area contributed by atoms with Gasteiger partial charge in [-0.05, 0) is 59.7 Å². The number of hydroxylamine groups is 1. The van der Waals surface area contributed by atoms with Crippen LogP contribution in [0.4, 0.5) is 13.2 Å². The summed E-state index contributed by atoms with van der Waals surface area (Å²) < 4.78 is 36.9. The molecule has 0 bridgehead atoms. The highest BCUT2D eigenvalue weighted by molar-refractivity contribution is 6.00. The maximum atomic E-state index is 12.9. The van der Waals surface area contributed by atoms with Crippen LogP contribution in [0.25, 0.3) is 22.4 Å². The van der Waals surface area contributed by atoms with Crippen LogP contribution in [0.5, 0.6) is 5.75 Å². The number of furan rings is 1. The zero-order valence-corrected chi connectivity index (χ0v) is 19.2. The Bertz CT molecular complexity index is 1400. The van der Waals surface area contributed by atoms with Crippen LogP contribution in [-0.4, -0.2) is 44.4 Å². The molecule has 13 heteroatoms. The van der Waals surface area contributed by atoms with Gasteiger partial charge in [-0.25, -0.2) is 10.3 Å². The van der Waals surface area contributed by atoms with Gasteiger partial charge < -0.3 is 24.9 Å². The van der Waals surface area contributed by atoms with Crippen molar-refractivity contribution in [3.63, 3.8) is 0 Å². The lowest BCUT2D eigenvalue weighted by atomic mass is 10.1. The lowest BCUT2D eigenvalue weighted by molar-refractivity contribution is -0.192. The number of phenolic OH excluding ortho intramolecular Hbond substituents is 1. The molecule has 0 atom stereocenters. The molecule has 2 aromatic heterocycles. The molecule has 2 aromatic carbocycles. The molecule has 0 saturated carbocycles. The molecule has 4 aromatic rings. The van der Waals surface area contributed by atoms with E-state index in [1.165, 1.54) is 6.26 Å². The summed E-state index contributed by atoms with van der Waals surface area (Å²) in [5.74, 6) is -3.51. The number of aromatic nitrogens is 1. The van der Waals surface area contributed by atoms with E-state index in [0.29, 0.717) is 16.8 Å². The van der Waals surface area contributed by atoms with Crippen LogP contribution < -0.4 is 10.8 Å². The number of benzene rings is 2. The highest BCUT2D eigenvalue weighted by Gasteiger charge is 2.38. The van der Waals surface area contributed by atoms with Gasteiger partial charge in [0, 0.05) is 28.9 Å². The van der Waals surface area contributed by atoms with Gasteiger partial charge in [0.2, 0.25) is 0 Å². The Labute approximate surface area is 212 Å². The zero-order chi connectivity index (χ0) is 27.9. The van der Waals surface area contributed by atoms with Gasteiger partial charge in [-0.3, -0.25) is 14.8 Å². The second kappa shape index (κ2) is 11.8. The summed E-state index contributed by atoms with van der Waals surface area (Å²) in [7, 11) is 0. The minimum atomic E-state index is -5.08. The van der Waals surface area contributed by atoms with Crippen molar-refractivity contribution in [3.8, 4) is 28.1 Å². The molecule has 4 rings (SSSR count). The average molecular weight is 531 g/mol. The molecule has 6 N–H and O–H groups in total. The molecule has 0 radical (unpaired) electrons. The number of aromatic hydroxyl groups is 1. The number of amides is 2. The molecule has 0 fully saturated rings. The summed E-state index contributed by atoms with van der Waals surface area (Å²) >= 11 is 0. The first-order chi connectivity index (χ1) is 18.0. The van der Waals surface area contributed by atoms with E-state index in [-0.39, 0.29) is 18.2 Å². The van der Waals surface area contributed by atoms with Crippen molar-refractivity contribution in [2.75, 3.05) is 0 Å². The average Bonchev–Trinajstić information content (AvgIpc) is 3.58. The van der Waals surface area contributed by atoms with Crippen LogP contribution in [0.1, 0.15) is 26.4 Å². The fourth-order valence-corrected chi connectivity index (χ4v) is 3.18. The lowest BCUT2D eigenvalue weighted by Gasteiger charge is -2.07. The Morgan fingerprint density at radius 2 is 1.55 bits per heavy atom.